The summed E-state index contributed by atoms with van der Waals surface area (Å²) in [5, 5.41) is 9.72. The topological polar surface area (TPSA) is 58.7 Å². The van der Waals surface area contributed by atoms with Gasteiger partial charge in [0.1, 0.15) is 0 Å². The van der Waals surface area contributed by atoms with E-state index in [-0.39, 0.29) is 11.7 Å². The Morgan fingerprint density at radius 3 is 2.75 bits per heavy atom. The van der Waals surface area contributed by atoms with Gasteiger partial charge in [-0.25, -0.2) is 0 Å². The summed E-state index contributed by atoms with van der Waals surface area (Å²) in [6, 6.07) is 0. The first-order chi connectivity index (χ1) is 7.74. The smallest absolute Gasteiger partial charge is 0.0731 e. The van der Waals surface area contributed by atoms with Crippen molar-refractivity contribution in [1.82, 2.24) is 4.90 Å². The number of hydrogen-bond acceptors (Lipinski definition) is 4. The lowest BCUT2D eigenvalue weighted by Crippen LogP contribution is -2.50. The molecule has 0 aromatic rings. The monoisotopic (exact) mass is 228 g/mol. The fourth-order valence-electron chi connectivity index (χ4n) is 2.85. The van der Waals surface area contributed by atoms with E-state index in [1.807, 2.05) is 0 Å². The minimum absolute atomic E-state index is 0.0170. The molecular formula is C12H24N2O2. The number of nitrogens with zero attached hydrogens (tertiary/aromatic N) is 1. The van der Waals surface area contributed by atoms with Crippen molar-refractivity contribution >= 4 is 0 Å². The standard InChI is InChI=1S/C12H24N2O2/c13-5-1-6-14-7-3-12(4-8-14)10-11(15)2-9-16-12/h11,15H,1-10,13H2/t11-/m1/s1. The summed E-state index contributed by atoms with van der Waals surface area (Å²) in [7, 11) is 0. The summed E-state index contributed by atoms with van der Waals surface area (Å²) in [6.07, 6.45) is 4.69. The Labute approximate surface area is 97.7 Å². The van der Waals surface area contributed by atoms with Gasteiger partial charge in [0.15, 0.2) is 0 Å². The molecule has 0 bridgehead atoms. The lowest BCUT2D eigenvalue weighted by Gasteiger charge is -2.45. The number of likely N-dealkylation sites (tertiary alicyclic amines) is 1. The summed E-state index contributed by atoms with van der Waals surface area (Å²) in [6.45, 7) is 4.79. The molecule has 1 spiro atoms. The van der Waals surface area contributed by atoms with E-state index in [0.29, 0.717) is 0 Å². The van der Waals surface area contributed by atoms with Crippen LogP contribution >= 0.6 is 0 Å². The van der Waals surface area contributed by atoms with Gasteiger partial charge in [-0.1, -0.05) is 0 Å². The Kier molecular flexibility index (Phi) is 4.19. The highest BCUT2D eigenvalue weighted by Crippen LogP contribution is 2.34. The van der Waals surface area contributed by atoms with Gasteiger partial charge < -0.3 is 20.5 Å². The zero-order chi connectivity index (χ0) is 11.4. The average Bonchev–Trinajstić information content (AvgIpc) is 2.28. The molecule has 0 aromatic carbocycles. The Morgan fingerprint density at radius 2 is 2.12 bits per heavy atom. The van der Waals surface area contributed by atoms with Crippen LogP contribution in [-0.4, -0.2) is 54.5 Å². The Hall–Kier alpha value is -0.160. The van der Waals surface area contributed by atoms with Crippen LogP contribution in [0.1, 0.15) is 32.1 Å². The van der Waals surface area contributed by atoms with Crippen molar-refractivity contribution in [3.05, 3.63) is 0 Å². The van der Waals surface area contributed by atoms with Gasteiger partial charge in [-0.15, -0.1) is 0 Å². The summed E-state index contributed by atoms with van der Waals surface area (Å²) >= 11 is 0. The Bertz CT molecular complexity index is 215. The molecule has 2 fully saturated rings. The first-order valence-corrected chi connectivity index (χ1v) is 6.49. The molecule has 0 amide bonds. The van der Waals surface area contributed by atoms with E-state index in [1.54, 1.807) is 0 Å². The highest BCUT2D eigenvalue weighted by atomic mass is 16.5. The molecule has 0 unspecified atom stereocenters. The molecule has 3 N–H and O–H groups in total. The van der Waals surface area contributed by atoms with Gasteiger partial charge in [0.05, 0.1) is 11.7 Å². The number of ether oxygens (including phenoxy) is 1. The largest absolute Gasteiger partial charge is 0.393 e. The zero-order valence-corrected chi connectivity index (χ0v) is 10.0. The van der Waals surface area contributed by atoms with Crippen LogP contribution in [0.3, 0.4) is 0 Å². The minimum Gasteiger partial charge on any atom is -0.393 e. The number of aliphatic hydroxyl groups is 1. The fraction of sp³-hybridized carbons (Fsp3) is 1.00. The maximum Gasteiger partial charge on any atom is 0.0731 e. The molecule has 1 atom stereocenters. The molecule has 2 aliphatic heterocycles. The number of hydrogen-bond donors (Lipinski definition) is 2. The van der Waals surface area contributed by atoms with Crippen LogP contribution < -0.4 is 5.73 Å². The van der Waals surface area contributed by atoms with E-state index >= 15 is 0 Å². The van der Waals surface area contributed by atoms with E-state index in [1.165, 1.54) is 0 Å². The van der Waals surface area contributed by atoms with E-state index in [9.17, 15) is 5.11 Å². The summed E-state index contributed by atoms with van der Waals surface area (Å²) in [5.41, 5.74) is 5.50. The van der Waals surface area contributed by atoms with Crippen LogP contribution in [0.5, 0.6) is 0 Å². The number of rotatable bonds is 3. The lowest BCUT2D eigenvalue weighted by molar-refractivity contribution is -0.142. The minimum atomic E-state index is -0.149. The van der Waals surface area contributed by atoms with E-state index in [2.05, 4.69) is 4.90 Å². The SMILES string of the molecule is NCCCN1CCC2(CC1)C[C@H](O)CCO2. The maximum atomic E-state index is 9.72. The van der Waals surface area contributed by atoms with Gasteiger partial charge in [0.2, 0.25) is 0 Å². The molecule has 16 heavy (non-hydrogen) atoms. The van der Waals surface area contributed by atoms with Crippen LogP contribution in [0.25, 0.3) is 0 Å². The predicted octanol–water partition coefficient (Wildman–Crippen LogP) is 0.341. The molecule has 0 aliphatic carbocycles. The highest BCUT2D eigenvalue weighted by Gasteiger charge is 2.39. The van der Waals surface area contributed by atoms with Crippen molar-refractivity contribution < 1.29 is 9.84 Å². The van der Waals surface area contributed by atoms with E-state index in [0.717, 1.165) is 64.9 Å². The zero-order valence-electron chi connectivity index (χ0n) is 10.0. The van der Waals surface area contributed by atoms with Gasteiger partial charge in [0, 0.05) is 26.1 Å². The molecule has 2 heterocycles. The first-order valence-electron chi connectivity index (χ1n) is 6.49. The fourth-order valence-corrected chi connectivity index (χ4v) is 2.85. The Balaban J connectivity index is 1.79. The number of piperidine rings is 1. The molecule has 2 rings (SSSR count). The van der Waals surface area contributed by atoms with Gasteiger partial charge >= 0.3 is 0 Å². The number of nitrogens with two attached hydrogens (primary N) is 1. The van der Waals surface area contributed by atoms with Crippen molar-refractivity contribution in [3.63, 3.8) is 0 Å². The summed E-state index contributed by atoms with van der Waals surface area (Å²) in [5.74, 6) is 0. The van der Waals surface area contributed by atoms with Crippen LogP contribution in [0.4, 0.5) is 0 Å². The van der Waals surface area contributed by atoms with Crippen molar-refractivity contribution in [1.29, 1.82) is 0 Å². The van der Waals surface area contributed by atoms with Crippen molar-refractivity contribution in [2.75, 3.05) is 32.8 Å². The van der Waals surface area contributed by atoms with Crippen LogP contribution in [0.2, 0.25) is 0 Å². The van der Waals surface area contributed by atoms with E-state index in [4.69, 9.17) is 10.5 Å². The van der Waals surface area contributed by atoms with Crippen LogP contribution in [0, 0.1) is 0 Å². The maximum absolute atomic E-state index is 9.72. The second-order valence-electron chi connectivity index (χ2n) is 5.16. The molecule has 0 saturated carbocycles. The average molecular weight is 228 g/mol. The molecule has 4 heteroatoms. The van der Waals surface area contributed by atoms with Crippen LogP contribution in [0.15, 0.2) is 0 Å². The van der Waals surface area contributed by atoms with Crippen LogP contribution in [-0.2, 0) is 4.74 Å². The van der Waals surface area contributed by atoms with Crippen molar-refractivity contribution in [3.8, 4) is 0 Å². The molecule has 94 valence electrons. The molecule has 0 aromatic heterocycles. The summed E-state index contributed by atoms with van der Waals surface area (Å²) < 4.78 is 5.92. The Morgan fingerprint density at radius 1 is 1.38 bits per heavy atom. The quantitative estimate of drug-likeness (QED) is 0.731. The van der Waals surface area contributed by atoms with Crippen molar-refractivity contribution in [2.24, 2.45) is 5.73 Å². The first kappa shape index (κ1) is 12.3. The second kappa shape index (κ2) is 5.45. The number of aliphatic hydroxyl groups excluding tert-OH is 1. The lowest BCUT2D eigenvalue weighted by atomic mass is 9.83. The molecule has 2 aliphatic rings. The van der Waals surface area contributed by atoms with Gasteiger partial charge in [-0.05, 0) is 38.8 Å². The summed E-state index contributed by atoms with van der Waals surface area (Å²) in [4.78, 5) is 2.46. The van der Waals surface area contributed by atoms with Gasteiger partial charge in [-0.3, -0.25) is 0 Å². The van der Waals surface area contributed by atoms with E-state index < -0.39 is 0 Å². The molecular weight excluding hydrogens is 204 g/mol. The molecule has 0 radical (unpaired) electrons. The third kappa shape index (κ3) is 2.94. The van der Waals surface area contributed by atoms with Crippen molar-refractivity contribution in [2.45, 2.75) is 43.8 Å². The second-order valence-corrected chi connectivity index (χ2v) is 5.16. The molecule has 4 nitrogen and oxygen atoms in total. The van der Waals surface area contributed by atoms with Gasteiger partial charge in [-0.2, -0.15) is 0 Å². The predicted molar refractivity (Wildman–Crippen MR) is 63.3 cm³/mol. The normalized spacial score (nSPS) is 30.8. The highest BCUT2D eigenvalue weighted by molar-refractivity contribution is 4.92. The molecule has 2 saturated heterocycles. The third-order valence-electron chi connectivity index (χ3n) is 3.91. The van der Waals surface area contributed by atoms with Gasteiger partial charge in [0.25, 0.3) is 0 Å². The third-order valence-corrected chi connectivity index (χ3v) is 3.91.